The van der Waals surface area contributed by atoms with Crippen molar-refractivity contribution in [2.24, 2.45) is 0 Å². The second-order valence-corrected chi connectivity index (χ2v) is 5.54. The summed E-state index contributed by atoms with van der Waals surface area (Å²) >= 11 is 11.7. The second kappa shape index (κ2) is 6.98. The van der Waals surface area contributed by atoms with E-state index >= 15 is 0 Å². The van der Waals surface area contributed by atoms with E-state index in [1.54, 1.807) is 18.2 Å². The third kappa shape index (κ3) is 4.49. The molecule has 2 aromatic rings. The lowest BCUT2D eigenvalue weighted by atomic mass is 10.2. The van der Waals surface area contributed by atoms with Gasteiger partial charge in [0, 0.05) is 5.69 Å². The van der Waals surface area contributed by atoms with Crippen molar-refractivity contribution in [3.63, 3.8) is 0 Å². The van der Waals surface area contributed by atoms with Crippen molar-refractivity contribution in [1.29, 1.82) is 0 Å². The number of anilines is 1. The molecule has 0 aliphatic carbocycles. The van der Waals surface area contributed by atoms with Gasteiger partial charge in [0.2, 0.25) is 5.91 Å². The fourth-order valence-corrected chi connectivity index (χ4v) is 2.11. The number of halogens is 2. The summed E-state index contributed by atoms with van der Waals surface area (Å²) < 4.78 is 5.50. The Morgan fingerprint density at radius 3 is 2.62 bits per heavy atom. The number of hydrogen-bond donors (Lipinski definition) is 2. The van der Waals surface area contributed by atoms with Gasteiger partial charge in [-0.15, -0.1) is 0 Å². The minimum atomic E-state index is -0.163. The molecule has 1 aromatic heterocycles. The van der Waals surface area contributed by atoms with E-state index < -0.39 is 0 Å². The molecule has 0 bridgehead atoms. The van der Waals surface area contributed by atoms with Gasteiger partial charge in [0.25, 0.3) is 0 Å². The molecule has 6 heteroatoms. The van der Waals surface area contributed by atoms with Gasteiger partial charge in [-0.3, -0.25) is 10.1 Å². The summed E-state index contributed by atoms with van der Waals surface area (Å²) in [5, 5.41) is 6.70. The molecule has 0 aliphatic heterocycles. The number of nitrogens with one attached hydrogen (secondary N) is 2. The predicted octanol–water partition coefficient (Wildman–Crippen LogP) is 4.18. The Labute approximate surface area is 133 Å². The van der Waals surface area contributed by atoms with Crippen LogP contribution in [0.1, 0.15) is 24.5 Å². The Hall–Kier alpha value is -1.49. The molecule has 0 saturated carbocycles. The first-order valence-electron chi connectivity index (χ1n) is 6.50. The van der Waals surface area contributed by atoms with E-state index in [-0.39, 0.29) is 18.5 Å². The largest absolute Gasteiger partial charge is 0.465 e. The lowest BCUT2D eigenvalue weighted by molar-refractivity contribution is -0.115. The molecule has 1 atom stereocenters. The summed E-state index contributed by atoms with van der Waals surface area (Å²) in [6.45, 7) is 3.99. The van der Waals surface area contributed by atoms with Gasteiger partial charge in [-0.25, -0.2) is 0 Å². The number of hydrogen-bond acceptors (Lipinski definition) is 3. The third-order valence-corrected chi connectivity index (χ3v) is 3.70. The van der Waals surface area contributed by atoms with Crippen LogP contribution in [0.2, 0.25) is 10.0 Å². The molecule has 1 heterocycles. The van der Waals surface area contributed by atoms with Crippen LogP contribution in [0.5, 0.6) is 0 Å². The van der Waals surface area contributed by atoms with Crippen LogP contribution in [0.15, 0.2) is 34.7 Å². The van der Waals surface area contributed by atoms with E-state index in [0.717, 1.165) is 11.5 Å². The number of carbonyl (C=O) groups excluding carboxylic acids is 1. The predicted molar refractivity (Wildman–Crippen MR) is 85.0 cm³/mol. The first kappa shape index (κ1) is 15.9. The lowest BCUT2D eigenvalue weighted by Crippen LogP contribution is -2.29. The smallest absolute Gasteiger partial charge is 0.238 e. The summed E-state index contributed by atoms with van der Waals surface area (Å²) in [5.74, 6) is 1.48. The zero-order chi connectivity index (χ0) is 15.4. The maximum Gasteiger partial charge on any atom is 0.238 e. The van der Waals surface area contributed by atoms with E-state index in [1.165, 1.54) is 0 Å². The topological polar surface area (TPSA) is 54.3 Å². The molecule has 0 radical (unpaired) electrons. The summed E-state index contributed by atoms with van der Waals surface area (Å²) in [5.41, 5.74) is 0.609. The van der Waals surface area contributed by atoms with Crippen molar-refractivity contribution >= 4 is 34.8 Å². The zero-order valence-electron chi connectivity index (χ0n) is 11.7. The maximum absolute atomic E-state index is 11.9. The highest BCUT2D eigenvalue weighted by Crippen LogP contribution is 2.24. The van der Waals surface area contributed by atoms with Crippen molar-refractivity contribution in [1.82, 2.24) is 5.32 Å². The first-order valence-corrected chi connectivity index (χ1v) is 7.26. The Kier molecular flexibility index (Phi) is 5.28. The van der Waals surface area contributed by atoms with Crippen LogP contribution in [0.25, 0.3) is 0 Å². The Balaban J connectivity index is 1.85. The molecule has 112 valence electrons. The van der Waals surface area contributed by atoms with Gasteiger partial charge in [-0.2, -0.15) is 0 Å². The second-order valence-electron chi connectivity index (χ2n) is 4.73. The van der Waals surface area contributed by atoms with Gasteiger partial charge in [0.1, 0.15) is 11.5 Å². The summed E-state index contributed by atoms with van der Waals surface area (Å²) in [4.78, 5) is 11.9. The van der Waals surface area contributed by atoms with Crippen LogP contribution in [0.4, 0.5) is 5.69 Å². The molecule has 1 unspecified atom stereocenters. The van der Waals surface area contributed by atoms with Gasteiger partial charge in [0.15, 0.2) is 0 Å². The average Bonchev–Trinajstić information content (AvgIpc) is 2.87. The number of aryl methyl sites for hydroxylation is 1. The molecule has 4 nitrogen and oxygen atoms in total. The van der Waals surface area contributed by atoms with Gasteiger partial charge < -0.3 is 9.73 Å². The van der Waals surface area contributed by atoms with Crippen molar-refractivity contribution in [2.75, 3.05) is 11.9 Å². The molecular weight excluding hydrogens is 311 g/mol. The summed E-state index contributed by atoms with van der Waals surface area (Å²) in [7, 11) is 0. The van der Waals surface area contributed by atoms with Gasteiger partial charge in [0.05, 0.1) is 22.6 Å². The number of amides is 1. The Morgan fingerprint density at radius 2 is 2.00 bits per heavy atom. The van der Waals surface area contributed by atoms with Crippen molar-refractivity contribution < 1.29 is 9.21 Å². The van der Waals surface area contributed by atoms with E-state index in [2.05, 4.69) is 10.6 Å². The highest BCUT2D eigenvalue weighted by Gasteiger charge is 2.11. The molecule has 0 saturated heterocycles. The van der Waals surface area contributed by atoms with E-state index in [1.807, 2.05) is 26.0 Å². The van der Waals surface area contributed by atoms with Crippen molar-refractivity contribution in [2.45, 2.75) is 19.9 Å². The monoisotopic (exact) mass is 326 g/mol. The van der Waals surface area contributed by atoms with Crippen LogP contribution in [-0.2, 0) is 4.79 Å². The normalized spacial score (nSPS) is 12.2. The minimum Gasteiger partial charge on any atom is -0.465 e. The van der Waals surface area contributed by atoms with E-state index in [9.17, 15) is 4.79 Å². The maximum atomic E-state index is 11.9. The van der Waals surface area contributed by atoms with Crippen molar-refractivity contribution in [3.8, 4) is 0 Å². The lowest BCUT2D eigenvalue weighted by Gasteiger charge is -2.12. The van der Waals surface area contributed by atoms with Crippen LogP contribution < -0.4 is 10.6 Å². The van der Waals surface area contributed by atoms with Gasteiger partial charge in [-0.1, -0.05) is 23.2 Å². The molecular formula is C15H16Cl2N2O2. The van der Waals surface area contributed by atoms with E-state index in [4.69, 9.17) is 27.6 Å². The van der Waals surface area contributed by atoms with Crippen LogP contribution in [0, 0.1) is 6.92 Å². The quantitative estimate of drug-likeness (QED) is 0.866. The number of furan rings is 1. The number of rotatable bonds is 5. The van der Waals surface area contributed by atoms with Crippen LogP contribution >= 0.6 is 23.2 Å². The molecule has 1 amide bonds. The standard InChI is InChI=1S/C15H16Cl2N2O2/c1-9-3-6-14(21-9)10(2)18-8-15(20)19-11-4-5-12(16)13(17)7-11/h3-7,10,18H,8H2,1-2H3,(H,19,20). The first-order chi connectivity index (χ1) is 9.95. The molecule has 2 N–H and O–H groups in total. The van der Waals surface area contributed by atoms with Crippen molar-refractivity contribution in [3.05, 3.63) is 51.9 Å². The molecule has 0 aliphatic rings. The third-order valence-electron chi connectivity index (χ3n) is 2.96. The minimum absolute atomic E-state index is 0.0433. The zero-order valence-corrected chi connectivity index (χ0v) is 13.3. The average molecular weight is 327 g/mol. The number of carbonyl (C=O) groups is 1. The van der Waals surface area contributed by atoms with Gasteiger partial charge >= 0.3 is 0 Å². The SMILES string of the molecule is Cc1ccc(C(C)NCC(=O)Nc2ccc(Cl)c(Cl)c2)o1. The van der Waals surface area contributed by atoms with Gasteiger partial charge in [-0.05, 0) is 44.2 Å². The fourth-order valence-electron chi connectivity index (χ4n) is 1.81. The summed E-state index contributed by atoms with van der Waals surface area (Å²) in [6.07, 6.45) is 0. The highest BCUT2D eigenvalue weighted by atomic mass is 35.5. The number of benzene rings is 1. The highest BCUT2D eigenvalue weighted by molar-refractivity contribution is 6.42. The van der Waals surface area contributed by atoms with Crippen LogP contribution in [-0.4, -0.2) is 12.5 Å². The summed E-state index contributed by atoms with van der Waals surface area (Å²) in [6, 6.07) is 8.69. The molecule has 2 rings (SSSR count). The Bertz CT molecular complexity index is 640. The fraction of sp³-hybridized carbons (Fsp3) is 0.267. The van der Waals surface area contributed by atoms with E-state index in [0.29, 0.717) is 15.7 Å². The molecule has 21 heavy (non-hydrogen) atoms. The van der Waals surface area contributed by atoms with Crippen LogP contribution in [0.3, 0.4) is 0 Å². The molecule has 0 fully saturated rings. The molecule has 1 aromatic carbocycles. The molecule has 0 spiro atoms. The Morgan fingerprint density at radius 1 is 1.24 bits per heavy atom.